The van der Waals surface area contributed by atoms with Crippen LogP contribution in [0.25, 0.3) is 0 Å². The topological polar surface area (TPSA) is 76.7 Å². The number of carbonyl (C=O) groups excluding carboxylic acids is 2. The molecule has 0 aromatic rings. The van der Waals surface area contributed by atoms with Crippen LogP contribution in [0.2, 0.25) is 0 Å². The molecule has 0 aromatic carbocycles. The van der Waals surface area contributed by atoms with Crippen LogP contribution in [0.1, 0.15) is 53.4 Å². The normalized spacial score (nSPS) is 36.3. The summed E-state index contributed by atoms with van der Waals surface area (Å²) in [6.07, 6.45) is 3.93. The Morgan fingerprint density at radius 2 is 1.50 bits per heavy atom. The van der Waals surface area contributed by atoms with Gasteiger partial charge in [0.25, 0.3) is 0 Å². The van der Waals surface area contributed by atoms with Gasteiger partial charge in [-0.05, 0) is 42.9 Å². The van der Waals surface area contributed by atoms with E-state index in [-0.39, 0.29) is 35.9 Å². The number of esters is 2. The van der Waals surface area contributed by atoms with Crippen molar-refractivity contribution in [2.75, 3.05) is 27.3 Å². The van der Waals surface area contributed by atoms with Crippen molar-refractivity contribution in [3.05, 3.63) is 0 Å². The fraction of sp³-hybridized carbons (Fsp3) is 0.909. The van der Waals surface area contributed by atoms with Gasteiger partial charge in [-0.25, -0.2) is 0 Å². The minimum Gasteiger partial charge on any atom is -0.469 e. The highest BCUT2D eigenvalue weighted by Crippen LogP contribution is 2.42. The van der Waals surface area contributed by atoms with Gasteiger partial charge in [-0.2, -0.15) is 0 Å². The summed E-state index contributed by atoms with van der Waals surface area (Å²) < 4.78 is 10.1. The fourth-order valence-corrected chi connectivity index (χ4v) is 5.62. The number of methoxy groups -OCH3 is 2. The van der Waals surface area contributed by atoms with Gasteiger partial charge in [0.05, 0.1) is 26.1 Å². The minimum absolute atomic E-state index is 0.0535. The second-order valence-electron chi connectivity index (χ2n) is 8.95. The van der Waals surface area contributed by atoms with E-state index in [4.69, 9.17) is 9.47 Å². The Morgan fingerprint density at radius 1 is 0.929 bits per heavy atom. The first-order valence-corrected chi connectivity index (χ1v) is 11.0. The van der Waals surface area contributed by atoms with E-state index in [0.717, 1.165) is 38.8 Å². The van der Waals surface area contributed by atoms with Crippen LogP contribution in [0.15, 0.2) is 0 Å². The number of hydrogen-bond donors (Lipinski definition) is 2. The molecule has 2 saturated carbocycles. The molecule has 0 aliphatic heterocycles. The Bertz CT molecular complexity index is 527. The predicted octanol–water partition coefficient (Wildman–Crippen LogP) is 2.61. The Morgan fingerprint density at radius 3 is 2.07 bits per heavy atom. The highest BCUT2D eigenvalue weighted by Gasteiger charge is 2.46. The van der Waals surface area contributed by atoms with Crippen molar-refractivity contribution in [3.8, 4) is 0 Å². The van der Waals surface area contributed by atoms with Gasteiger partial charge in [-0.15, -0.1) is 0 Å². The lowest BCUT2D eigenvalue weighted by Crippen LogP contribution is -2.48. The summed E-state index contributed by atoms with van der Waals surface area (Å²) in [6.45, 7) is 10.5. The Hall–Kier alpha value is -1.14. The molecule has 2 N–H and O–H groups in total. The molecule has 2 aliphatic rings. The van der Waals surface area contributed by atoms with Gasteiger partial charge in [0.15, 0.2) is 0 Å². The van der Waals surface area contributed by atoms with Crippen LogP contribution < -0.4 is 10.6 Å². The molecule has 8 unspecified atom stereocenters. The third-order valence-corrected chi connectivity index (χ3v) is 7.30. The van der Waals surface area contributed by atoms with E-state index >= 15 is 0 Å². The van der Waals surface area contributed by atoms with Crippen molar-refractivity contribution in [2.45, 2.75) is 65.5 Å². The molecule has 0 aromatic heterocycles. The van der Waals surface area contributed by atoms with Crippen LogP contribution in [0, 0.1) is 35.5 Å². The molecule has 0 spiro atoms. The van der Waals surface area contributed by atoms with E-state index in [1.807, 2.05) is 0 Å². The molecule has 0 radical (unpaired) electrons. The highest BCUT2D eigenvalue weighted by atomic mass is 16.5. The first-order chi connectivity index (χ1) is 13.3. The molecule has 2 rings (SSSR count). The third kappa shape index (κ3) is 5.07. The van der Waals surface area contributed by atoms with E-state index in [0.29, 0.717) is 23.7 Å². The van der Waals surface area contributed by atoms with Crippen molar-refractivity contribution < 1.29 is 19.1 Å². The Balaban J connectivity index is 1.94. The summed E-state index contributed by atoms with van der Waals surface area (Å²) >= 11 is 0. The van der Waals surface area contributed by atoms with E-state index in [2.05, 4.69) is 38.3 Å². The summed E-state index contributed by atoms with van der Waals surface area (Å²) in [5.74, 6) is 1.67. The largest absolute Gasteiger partial charge is 0.469 e. The molecule has 2 aliphatic carbocycles. The molecule has 6 heteroatoms. The Kier molecular flexibility index (Phi) is 8.75. The average Bonchev–Trinajstić information content (AvgIpc) is 3.23. The molecular weight excluding hydrogens is 356 g/mol. The maximum absolute atomic E-state index is 12.3. The second kappa shape index (κ2) is 10.6. The van der Waals surface area contributed by atoms with Gasteiger partial charge in [0, 0.05) is 25.2 Å². The summed E-state index contributed by atoms with van der Waals surface area (Å²) in [5, 5.41) is 7.23. The van der Waals surface area contributed by atoms with Crippen LogP contribution in [0.5, 0.6) is 0 Å². The minimum atomic E-state index is -0.109. The van der Waals surface area contributed by atoms with Crippen molar-refractivity contribution >= 4 is 11.9 Å². The van der Waals surface area contributed by atoms with E-state index in [1.165, 1.54) is 14.2 Å². The predicted molar refractivity (Wildman–Crippen MR) is 110 cm³/mol. The van der Waals surface area contributed by atoms with Crippen molar-refractivity contribution in [1.29, 1.82) is 0 Å². The second-order valence-corrected chi connectivity index (χ2v) is 8.95. The van der Waals surface area contributed by atoms with Gasteiger partial charge in [0.2, 0.25) is 0 Å². The molecule has 2 fully saturated rings. The van der Waals surface area contributed by atoms with Gasteiger partial charge >= 0.3 is 11.9 Å². The van der Waals surface area contributed by atoms with Crippen molar-refractivity contribution in [2.24, 2.45) is 35.5 Å². The summed E-state index contributed by atoms with van der Waals surface area (Å²) in [5.41, 5.74) is 0. The molecule has 28 heavy (non-hydrogen) atoms. The molecule has 8 atom stereocenters. The van der Waals surface area contributed by atoms with Crippen LogP contribution >= 0.6 is 0 Å². The first-order valence-electron chi connectivity index (χ1n) is 11.0. The fourth-order valence-electron chi connectivity index (χ4n) is 5.62. The van der Waals surface area contributed by atoms with E-state index in [9.17, 15) is 9.59 Å². The lowest BCUT2D eigenvalue weighted by molar-refractivity contribution is -0.147. The summed E-state index contributed by atoms with van der Waals surface area (Å²) in [4.78, 5) is 24.4. The van der Waals surface area contributed by atoms with Crippen LogP contribution in [0.3, 0.4) is 0 Å². The monoisotopic (exact) mass is 396 g/mol. The first kappa shape index (κ1) is 23.1. The standard InChI is InChI=1S/C22H40N2O4/c1-7-13(2)18-15(4)12-17(22(26)28-6)20(18)24-11-10-23-19-14(3)8-9-16(19)21(25)27-5/h13-20,23-24H,7-12H2,1-6H3. The third-order valence-electron chi connectivity index (χ3n) is 7.30. The zero-order valence-corrected chi connectivity index (χ0v) is 18.5. The quantitative estimate of drug-likeness (QED) is 0.461. The number of nitrogens with one attached hydrogen (secondary N) is 2. The summed E-state index contributed by atoms with van der Waals surface area (Å²) in [6, 6.07) is 0.315. The van der Waals surface area contributed by atoms with Gasteiger partial charge in [0.1, 0.15) is 0 Å². The van der Waals surface area contributed by atoms with E-state index < -0.39 is 0 Å². The van der Waals surface area contributed by atoms with Crippen LogP contribution in [-0.4, -0.2) is 51.3 Å². The number of rotatable bonds is 9. The molecule has 162 valence electrons. The average molecular weight is 397 g/mol. The van der Waals surface area contributed by atoms with Gasteiger partial charge in [-0.3, -0.25) is 9.59 Å². The maximum Gasteiger partial charge on any atom is 0.310 e. The van der Waals surface area contributed by atoms with Crippen molar-refractivity contribution in [1.82, 2.24) is 10.6 Å². The maximum atomic E-state index is 12.3. The lowest BCUT2D eigenvalue weighted by Gasteiger charge is -2.31. The van der Waals surface area contributed by atoms with Crippen LogP contribution in [0.4, 0.5) is 0 Å². The van der Waals surface area contributed by atoms with Crippen LogP contribution in [-0.2, 0) is 19.1 Å². The highest BCUT2D eigenvalue weighted by molar-refractivity contribution is 5.74. The zero-order chi connectivity index (χ0) is 20.8. The number of carbonyl (C=O) groups is 2. The summed E-state index contributed by atoms with van der Waals surface area (Å²) in [7, 11) is 2.95. The smallest absolute Gasteiger partial charge is 0.310 e. The molecule has 0 saturated heterocycles. The lowest BCUT2D eigenvalue weighted by atomic mass is 9.81. The number of hydrogen-bond acceptors (Lipinski definition) is 6. The molecular formula is C22H40N2O4. The van der Waals surface area contributed by atoms with Gasteiger partial charge in [-0.1, -0.05) is 34.1 Å². The Labute approximate surface area is 170 Å². The van der Waals surface area contributed by atoms with E-state index in [1.54, 1.807) is 0 Å². The van der Waals surface area contributed by atoms with Gasteiger partial charge < -0.3 is 20.1 Å². The zero-order valence-electron chi connectivity index (χ0n) is 18.5. The molecule has 0 bridgehead atoms. The number of ether oxygens (including phenoxy) is 2. The SMILES string of the molecule is CCC(C)C1C(C)CC(C(=O)OC)C1NCCNC1C(C)CCC1C(=O)OC. The van der Waals surface area contributed by atoms with Crippen molar-refractivity contribution in [3.63, 3.8) is 0 Å². The molecule has 0 amide bonds. The molecule has 0 heterocycles. The molecule has 6 nitrogen and oxygen atoms in total.